The Hall–Kier alpha value is -1.12. The summed E-state index contributed by atoms with van der Waals surface area (Å²) in [6.45, 7) is 11.7. The van der Waals surface area contributed by atoms with Crippen LogP contribution in [0.25, 0.3) is 0 Å². The summed E-state index contributed by atoms with van der Waals surface area (Å²) in [6, 6.07) is 11.2. The van der Waals surface area contributed by atoms with Gasteiger partial charge in [-0.15, -0.1) is 0 Å². The number of nitrogens with one attached hydrogen (secondary N) is 1. The molecule has 1 saturated carbocycles. The van der Waals surface area contributed by atoms with Gasteiger partial charge >= 0.3 is 0 Å². The zero-order chi connectivity index (χ0) is 16.0. The molecule has 1 aromatic rings. The van der Waals surface area contributed by atoms with Crippen LogP contribution in [0, 0.1) is 0 Å². The Kier molecular flexibility index (Phi) is 3.94. The zero-order valence-electron chi connectivity index (χ0n) is 14.7. The number of benzene rings is 1. The highest BCUT2D eigenvalue weighted by molar-refractivity contribution is 6.75. The number of hydrogen-bond acceptors (Lipinski definition) is 1. The Bertz CT molecular complexity index is 624. The van der Waals surface area contributed by atoms with Crippen LogP contribution in [0.4, 0.5) is 0 Å². The maximum atomic E-state index is 4.14. The van der Waals surface area contributed by atoms with Gasteiger partial charge in [0.2, 0.25) is 0 Å². The molecule has 1 N–H and O–H groups in total. The van der Waals surface area contributed by atoms with E-state index in [1.54, 1.807) is 5.19 Å². The fraction of sp³-hybridized carbons (Fsp3) is 0.500. The first-order valence-corrected chi connectivity index (χ1v) is 10.9. The van der Waals surface area contributed by atoms with E-state index in [1.165, 1.54) is 36.0 Å². The minimum absolute atomic E-state index is 0.0463. The van der Waals surface area contributed by atoms with Gasteiger partial charge in [0.1, 0.15) is 0 Å². The number of hydrogen-bond donors (Lipinski definition) is 1. The normalized spacial score (nSPS) is 28.3. The van der Waals surface area contributed by atoms with Crippen molar-refractivity contribution in [3.63, 3.8) is 0 Å². The van der Waals surface area contributed by atoms with Crippen LogP contribution in [0.3, 0.4) is 0 Å². The molecule has 0 amide bonds. The highest BCUT2D eigenvalue weighted by atomic mass is 28.3. The summed E-state index contributed by atoms with van der Waals surface area (Å²) < 4.78 is 0. The van der Waals surface area contributed by atoms with Gasteiger partial charge in [-0.25, -0.2) is 0 Å². The Morgan fingerprint density at radius 1 is 1.05 bits per heavy atom. The van der Waals surface area contributed by atoms with E-state index in [0.29, 0.717) is 5.16 Å². The Labute approximate surface area is 137 Å². The van der Waals surface area contributed by atoms with Crippen LogP contribution in [0.2, 0.25) is 6.55 Å². The third-order valence-corrected chi connectivity index (χ3v) is 10.1. The topological polar surface area (TPSA) is 12.0 Å². The van der Waals surface area contributed by atoms with E-state index in [4.69, 9.17) is 0 Å². The molecule has 2 aliphatic carbocycles. The molecule has 0 saturated heterocycles. The molecule has 2 atom stereocenters. The van der Waals surface area contributed by atoms with Gasteiger partial charge in [0.25, 0.3) is 0 Å². The quantitative estimate of drug-likeness (QED) is 0.833. The van der Waals surface area contributed by atoms with Crippen molar-refractivity contribution in [2.75, 3.05) is 0 Å². The predicted molar refractivity (Wildman–Crippen MR) is 99.3 cm³/mol. The molecule has 0 bridgehead atoms. The largest absolute Gasteiger partial charge is 0.302 e. The Morgan fingerprint density at radius 3 is 2.14 bits per heavy atom. The summed E-state index contributed by atoms with van der Waals surface area (Å²) in [5.74, 6) is 0. The molecule has 2 aliphatic rings. The van der Waals surface area contributed by atoms with Gasteiger partial charge in [0.15, 0.2) is 0 Å². The molecule has 1 fully saturated rings. The molecule has 0 aromatic heterocycles. The van der Waals surface area contributed by atoms with Crippen LogP contribution in [0.1, 0.15) is 47.0 Å². The predicted octanol–water partition coefficient (Wildman–Crippen LogP) is 3.86. The van der Waals surface area contributed by atoms with Gasteiger partial charge in [0.05, 0.1) is 14.3 Å². The van der Waals surface area contributed by atoms with Crippen molar-refractivity contribution in [2.45, 2.75) is 64.2 Å². The fourth-order valence-corrected chi connectivity index (χ4v) is 7.49. The van der Waals surface area contributed by atoms with Crippen molar-refractivity contribution in [2.24, 2.45) is 0 Å². The van der Waals surface area contributed by atoms with Gasteiger partial charge in [-0.1, -0.05) is 60.1 Å². The van der Waals surface area contributed by atoms with E-state index in [2.05, 4.69) is 76.0 Å². The van der Waals surface area contributed by atoms with Crippen molar-refractivity contribution < 1.29 is 0 Å². The maximum Gasteiger partial charge on any atom is 0.0901 e. The van der Waals surface area contributed by atoms with Crippen LogP contribution in [-0.2, 0) is 0 Å². The second-order valence-electron chi connectivity index (χ2n) is 7.55. The molecule has 118 valence electrons. The minimum Gasteiger partial charge on any atom is -0.302 e. The van der Waals surface area contributed by atoms with E-state index >= 15 is 0 Å². The molecule has 1 aromatic carbocycles. The second kappa shape index (κ2) is 5.50. The zero-order valence-corrected chi connectivity index (χ0v) is 15.8. The maximum absolute atomic E-state index is 4.14. The fourth-order valence-electron chi connectivity index (χ4n) is 4.27. The lowest BCUT2D eigenvalue weighted by atomic mass is 9.86. The molecule has 1 nitrogen and oxygen atoms in total. The summed E-state index contributed by atoms with van der Waals surface area (Å²) in [5.41, 5.74) is 4.46. The van der Waals surface area contributed by atoms with Crippen LogP contribution in [0.5, 0.6) is 0 Å². The average Bonchev–Trinajstić information content (AvgIpc) is 2.67. The Balaban J connectivity index is 1.90. The van der Waals surface area contributed by atoms with Crippen molar-refractivity contribution in [1.82, 2.24) is 5.32 Å². The molecular weight excluding hydrogens is 282 g/mol. The highest BCUT2D eigenvalue weighted by Crippen LogP contribution is 2.41. The highest BCUT2D eigenvalue weighted by Gasteiger charge is 2.47. The summed E-state index contributed by atoms with van der Waals surface area (Å²) in [7, 11) is -1.03. The number of rotatable bonds is 4. The first-order chi connectivity index (χ1) is 10.4. The number of allylic oxidation sites excluding steroid dienone is 2. The third kappa shape index (κ3) is 2.43. The van der Waals surface area contributed by atoms with Gasteiger partial charge in [-0.2, -0.15) is 0 Å². The first kappa shape index (κ1) is 15.8. The third-order valence-electron chi connectivity index (χ3n) is 6.32. The minimum atomic E-state index is -1.03. The summed E-state index contributed by atoms with van der Waals surface area (Å²) >= 11 is 0. The van der Waals surface area contributed by atoms with Crippen LogP contribution >= 0.6 is 0 Å². The van der Waals surface area contributed by atoms with Gasteiger partial charge in [-0.05, 0) is 51.7 Å². The van der Waals surface area contributed by atoms with E-state index in [0.717, 1.165) is 0 Å². The lowest BCUT2D eigenvalue weighted by molar-refractivity contribution is 0.241. The van der Waals surface area contributed by atoms with E-state index in [1.807, 2.05) is 0 Å². The van der Waals surface area contributed by atoms with E-state index in [-0.39, 0.29) is 5.54 Å². The van der Waals surface area contributed by atoms with E-state index < -0.39 is 8.80 Å². The lowest BCUT2D eigenvalue weighted by Crippen LogP contribution is -2.69. The monoisotopic (exact) mass is 311 g/mol. The molecule has 2 heteroatoms. The van der Waals surface area contributed by atoms with Crippen LogP contribution in [0.15, 0.2) is 53.1 Å². The molecule has 0 radical (unpaired) electrons. The SMILES string of the molecule is CC1=CC(C)(NC2([SiH](C)c3ccccc3)CCC2)C(C)=C1C. The molecule has 3 rings (SSSR count). The second-order valence-corrected chi connectivity index (χ2v) is 10.8. The van der Waals surface area contributed by atoms with E-state index in [9.17, 15) is 0 Å². The molecule has 2 unspecified atom stereocenters. The lowest BCUT2D eigenvalue weighted by Gasteiger charge is -2.51. The molecule has 0 spiro atoms. The summed E-state index contributed by atoms with van der Waals surface area (Å²) in [6.07, 6.45) is 6.50. The average molecular weight is 312 g/mol. The molecule has 0 aliphatic heterocycles. The van der Waals surface area contributed by atoms with Crippen molar-refractivity contribution in [1.29, 1.82) is 0 Å². The molecule has 22 heavy (non-hydrogen) atoms. The standard InChI is InChI=1S/C20H29NSi/c1-15-14-19(4,17(3)16(15)2)21-20(12-9-13-20)22(5)18-10-7-6-8-11-18/h6-8,10-11,14,21-22H,9,12-13H2,1-5H3. The molecule has 0 heterocycles. The van der Waals surface area contributed by atoms with Crippen molar-refractivity contribution in [3.8, 4) is 0 Å². The first-order valence-electron chi connectivity index (χ1n) is 8.60. The van der Waals surface area contributed by atoms with Gasteiger partial charge in [-0.3, -0.25) is 0 Å². The van der Waals surface area contributed by atoms with Crippen LogP contribution in [-0.4, -0.2) is 19.5 Å². The van der Waals surface area contributed by atoms with Crippen molar-refractivity contribution in [3.05, 3.63) is 53.1 Å². The molecular formula is C20H29NSi. The summed E-state index contributed by atoms with van der Waals surface area (Å²) in [5, 5.41) is 6.11. The Morgan fingerprint density at radius 2 is 1.68 bits per heavy atom. The van der Waals surface area contributed by atoms with Crippen LogP contribution < -0.4 is 10.5 Å². The summed E-state index contributed by atoms with van der Waals surface area (Å²) in [4.78, 5) is 0. The van der Waals surface area contributed by atoms with Gasteiger partial charge in [0, 0.05) is 5.16 Å². The smallest absolute Gasteiger partial charge is 0.0901 e. The van der Waals surface area contributed by atoms with Gasteiger partial charge < -0.3 is 5.32 Å². The van der Waals surface area contributed by atoms with Crippen molar-refractivity contribution >= 4 is 14.0 Å².